The molecule has 0 aliphatic rings. The van der Waals surface area contributed by atoms with E-state index in [9.17, 15) is 25.5 Å². The summed E-state index contributed by atoms with van der Waals surface area (Å²) in [6, 6.07) is 3.18. The number of alkyl halides is 2. The molecule has 19 heavy (non-hydrogen) atoms. The molecule has 1 aromatic carbocycles. The lowest BCUT2D eigenvalue weighted by atomic mass is 10.2. The average Bonchev–Trinajstić information content (AvgIpc) is 2.71. The molecule has 0 aliphatic carbocycles. The van der Waals surface area contributed by atoms with E-state index in [1.807, 2.05) is 4.98 Å². The van der Waals surface area contributed by atoms with Gasteiger partial charge in [-0.25, -0.2) is 9.37 Å². The number of nitrogens with zero attached hydrogens (tertiary/aromatic N) is 2. The molecular weight excluding hydrogens is 290 g/mol. The molecule has 10 heteroatoms. The molecule has 0 saturated carbocycles. The van der Waals surface area contributed by atoms with Crippen LogP contribution in [0.2, 0.25) is 0 Å². The van der Waals surface area contributed by atoms with Crippen LogP contribution in [0, 0.1) is 17.1 Å². The number of hydrogen-bond acceptors (Lipinski definition) is 4. The predicted octanol–water partition coefficient (Wildman–Crippen LogP) is 1.92. The Labute approximate surface area is 103 Å². The van der Waals surface area contributed by atoms with Crippen LogP contribution in [-0.2, 0) is 15.5 Å². The van der Waals surface area contributed by atoms with Gasteiger partial charge in [-0.1, -0.05) is 3.89 Å². The van der Waals surface area contributed by atoms with E-state index < -0.39 is 38.2 Å². The summed E-state index contributed by atoms with van der Waals surface area (Å²) in [7, 11) is -6.24. The number of aromatic amines is 1. The van der Waals surface area contributed by atoms with Crippen molar-refractivity contribution in [3.8, 4) is 6.07 Å². The lowest BCUT2D eigenvalue weighted by Crippen LogP contribution is -2.23. The third-order valence-corrected chi connectivity index (χ3v) is 3.10. The molecule has 1 heterocycles. The van der Waals surface area contributed by atoms with Crippen LogP contribution in [0.15, 0.2) is 12.1 Å². The summed E-state index contributed by atoms with van der Waals surface area (Å²) in [6.07, 6.45) is 0. The van der Waals surface area contributed by atoms with Gasteiger partial charge in [0, 0.05) is 0 Å². The Hall–Kier alpha value is -2.15. The van der Waals surface area contributed by atoms with Crippen molar-refractivity contribution in [2.24, 2.45) is 0 Å². The number of benzene rings is 1. The highest BCUT2D eigenvalue weighted by Gasteiger charge is 2.50. The molecule has 0 saturated heterocycles. The third kappa shape index (κ3) is 1.91. The summed E-state index contributed by atoms with van der Waals surface area (Å²) in [5.41, 5.74) is -1.36. The molecule has 0 spiro atoms. The van der Waals surface area contributed by atoms with E-state index in [2.05, 4.69) is 4.98 Å². The standard InChI is InChI=1S/C9H3F4N3O2S/c10-5-1-2-6-7(4(5)3-14)16-8(15-6)9(11,12)19(13,17)18/h1-2H,(H,15,16). The molecule has 0 atom stereocenters. The molecule has 0 unspecified atom stereocenters. The van der Waals surface area contributed by atoms with Gasteiger partial charge < -0.3 is 4.98 Å². The van der Waals surface area contributed by atoms with Crippen molar-refractivity contribution in [2.45, 2.75) is 5.25 Å². The number of halogens is 4. The zero-order chi connectivity index (χ0) is 14.4. The van der Waals surface area contributed by atoms with Crippen LogP contribution >= 0.6 is 0 Å². The van der Waals surface area contributed by atoms with E-state index in [0.29, 0.717) is 0 Å². The van der Waals surface area contributed by atoms with Gasteiger partial charge in [-0.2, -0.15) is 22.5 Å². The van der Waals surface area contributed by atoms with Crippen LogP contribution in [-0.4, -0.2) is 18.4 Å². The van der Waals surface area contributed by atoms with Gasteiger partial charge in [-0.3, -0.25) is 0 Å². The van der Waals surface area contributed by atoms with Crippen LogP contribution in [0.3, 0.4) is 0 Å². The minimum atomic E-state index is -6.24. The zero-order valence-electron chi connectivity index (χ0n) is 8.79. The first-order valence-corrected chi connectivity index (χ1v) is 5.97. The largest absolute Gasteiger partial charge is 0.430 e. The van der Waals surface area contributed by atoms with Crippen LogP contribution in [0.25, 0.3) is 11.0 Å². The van der Waals surface area contributed by atoms with Crippen molar-refractivity contribution in [2.75, 3.05) is 0 Å². The first kappa shape index (κ1) is 13.3. The van der Waals surface area contributed by atoms with Crippen LogP contribution in [0.1, 0.15) is 11.4 Å². The Morgan fingerprint density at radius 1 is 1.37 bits per heavy atom. The molecule has 5 nitrogen and oxygen atoms in total. The van der Waals surface area contributed by atoms with E-state index in [-0.39, 0.29) is 5.52 Å². The minimum Gasteiger partial charge on any atom is -0.336 e. The molecule has 2 rings (SSSR count). The molecule has 0 fully saturated rings. The molecule has 1 aromatic heterocycles. The Morgan fingerprint density at radius 2 is 2.00 bits per heavy atom. The summed E-state index contributed by atoms with van der Waals surface area (Å²) >= 11 is 0. The van der Waals surface area contributed by atoms with Gasteiger partial charge in [-0.15, -0.1) is 0 Å². The number of imidazole rings is 1. The lowest BCUT2D eigenvalue weighted by Gasteiger charge is -2.06. The molecule has 0 amide bonds. The maximum absolute atomic E-state index is 13.2. The second kappa shape index (κ2) is 3.92. The van der Waals surface area contributed by atoms with Crippen molar-refractivity contribution in [3.63, 3.8) is 0 Å². The van der Waals surface area contributed by atoms with Crippen molar-refractivity contribution in [1.82, 2.24) is 9.97 Å². The highest BCUT2D eigenvalue weighted by atomic mass is 32.3. The number of fused-ring (bicyclic) bond motifs is 1. The number of H-pyrrole nitrogens is 1. The predicted molar refractivity (Wildman–Crippen MR) is 54.7 cm³/mol. The summed E-state index contributed by atoms with van der Waals surface area (Å²) < 4.78 is 72.7. The van der Waals surface area contributed by atoms with Gasteiger partial charge in [0.05, 0.1) is 5.52 Å². The number of nitrogens with one attached hydrogen (secondary N) is 1. The first-order valence-electron chi connectivity index (χ1n) is 4.59. The molecule has 2 aromatic rings. The number of nitriles is 1. The second-order valence-electron chi connectivity index (χ2n) is 3.47. The molecule has 1 N–H and O–H groups in total. The topological polar surface area (TPSA) is 86.6 Å². The van der Waals surface area contributed by atoms with Crippen LogP contribution < -0.4 is 0 Å². The Bertz CT molecular complexity index is 807. The fourth-order valence-corrected chi connectivity index (χ4v) is 1.74. The molecule has 0 radical (unpaired) electrons. The summed E-state index contributed by atoms with van der Waals surface area (Å²) in [5, 5.41) is 3.76. The SMILES string of the molecule is N#Cc1c(F)ccc2[nH]c(C(F)(F)S(=O)(=O)F)nc12. The van der Waals surface area contributed by atoms with Crippen molar-refractivity contribution in [3.05, 3.63) is 29.3 Å². The van der Waals surface area contributed by atoms with Gasteiger partial charge in [0.1, 0.15) is 23.0 Å². The average molecular weight is 293 g/mol. The Kier molecular flexibility index (Phi) is 2.74. The van der Waals surface area contributed by atoms with E-state index in [1.165, 1.54) is 6.07 Å². The number of aromatic nitrogens is 2. The zero-order valence-corrected chi connectivity index (χ0v) is 9.60. The molecular formula is C9H3F4N3O2S. The van der Waals surface area contributed by atoms with Crippen molar-refractivity contribution >= 4 is 21.3 Å². The van der Waals surface area contributed by atoms with E-state index in [0.717, 1.165) is 12.1 Å². The normalized spacial score (nSPS) is 12.6. The van der Waals surface area contributed by atoms with Crippen molar-refractivity contribution < 1.29 is 25.5 Å². The lowest BCUT2D eigenvalue weighted by molar-refractivity contribution is 0.0755. The van der Waals surface area contributed by atoms with E-state index >= 15 is 0 Å². The maximum atomic E-state index is 13.2. The van der Waals surface area contributed by atoms with Crippen molar-refractivity contribution in [1.29, 1.82) is 5.26 Å². The summed E-state index contributed by atoms with van der Waals surface area (Å²) in [6.45, 7) is 0. The van der Waals surface area contributed by atoms with E-state index in [1.54, 1.807) is 0 Å². The summed E-state index contributed by atoms with van der Waals surface area (Å²) in [5.74, 6) is -2.54. The van der Waals surface area contributed by atoms with Gasteiger partial charge in [-0.05, 0) is 12.1 Å². The molecule has 0 aliphatic heterocycles. The van der Waals surface area contributed by atoms with E-state index in [4.69, 9.17) is 5.26 Å². The fraction of sp³-hybridized carbons (Fsp3) is 0.111. The highest BCUT2D eigenvalue weighted by molar-refractivity contribution is 7.87. The second-order valence-corrected chi connectivity index (χ2v) is 4.86. The molecule has 100 valence electrons. The monoisotopic (exact) mass is 293 g/mol. The minimum absolute atomic E-state index is 0.212. The first-order chi connectivity index (χ1) is 8.68. The fourth-order valence-electron chi connectivity index (χ4n) is 1.41. The van der Waals surface area contributed by atoms with Gasteiger partial charge in [0.25, 0.3) is 0 Å². The smallest absolute Gasteiger partial charge is 0.336 e. The van der Waals surface area contributed by atoms with Crippen LogP contribution in [0.5, 0.6) is 0 Å². The maximum Gasteiger partial charge on any atom is 0.430 e. The number of hydrogen-bond donors (Lipinski definition) is 1. The van der Waals surface area contributed by atoms with Gasteiger partial charge >= 0.3 is 15.5 Å². The molecule has 0 bridgehead atoms. The van der Waals surface area contributed by atoms with Gasteiger partial charge in [0.2, 0.25) is 0 Å². The highest BCUT2D eigenvalue weighted by Crippen LogP contribution is 2.35. The Morgan fingerprint density at radius 3 is 2.53 bits per heavy atom. The number of rotatable bonds is 2. The summed E-state index contributed by atoms with van der Waals surface area (Å²) in [4.78, 5) is 4.94. The Balaban J connectivity index is 2.78. The quantitative estimate of drug-likeness (QED) is 0.677. The third-order valence-electron chi connectivity index (χ3n) is 2.30. The van der Waals surface area contributed by atoms with Gasteiger partial charge in [0.15, 0.2) is 5.82 Å². The van der Waals surface area contributed by atoms with Crippen LogP contribution in [0.4, 0.5) is 17.1 Å².